The van der Waals surface area contributed by atoms with E-state index in [4.69, 9.17) is 5.73 Å². The Balaban J connectivity index is 1.83. The molecule has 2 aliphatic rings. The third-order valence-electron chi connectivity index (χ3n) is 3.72. The zero-order chi connectivity index (χ0) is 12.7. The summed E-state index contributed by atoms with van der Waals surface area (Å²) in [6.07, 6.45) is 1.09. The number of likely N-dealkylation sites (tertiary alicyclic amines) is 1. The van der Waals surface area contributed by atoms with Crippen molar-refractivity contribution in [2.45, 2.75) is 25.0 Å². The zero-order valence-electron chi connectivity index (χ0n) is 10.0. The summed E-state index contributed by atoms with van der Waals surface area (Å²) < 4.78 is 0. The largest absolute Gasteiger partial charge is 0.392 e. The maximum absolute atomic E-state index is 12.1. The van der Waals surface area contributed by atoms with Crippen LogP contribution in [0.5, 0.6) is 0 Å². The van der Waals surface area contributed by atoms with Crippen LogP contribution < -0.4 is 11.1 Å². The van der Waals surface area contributed by atoms with Gasteiger partial charge in [0.05, 0.1) is 17.8 Å². The van der Waals surface area contributed by atoms with Crippen molar-refractivity contribution in [2.75, 3.05) is 18.4 Å². The SMILES string of the molecule is [NH]c1ccc2c(c1)NC(=O)C(N1CC[C@H](O)C1)C2. The van der Waals surface area contributed by atoms with E-state index in [0.717, 1.165) is 24.2 Å². The van der Waals surface area contributed by atoms with Gasteiger partial charge in [0.15, 0.2) is 0 Å². The van der Waals surface area contributed by atoms with E-state index in [0.29, 0.717) is 18.7 Å². The van der Waals surface area contributed by atoms with Crippen LogP contribution in [0.2, 0.25) is 0 Å². The number of benzene rings is 1. The molecule has 95 valence electrons. The highest BCUT2D eigenvalue weighted by atomic mass is 16.3. The number of rotatable bonds is 1. The molecule has 5 nitrogen and oxygen atoms in total. The van der Waals surface area contributed by atoms with Gasteiger partial charge in [-0.2, -0.15) is 0 Å². The van der Waals surface area contributed by atoms with Gasteiger partial charge in [0.1, 0.15) is 0 Å². The molecule has 0 aliphatic carbocycles. The summed E-state index contributed by atoms with van der Waals surface area (Å²) in [5.41, 5.74) is 9.78. The molecule has 5 heteroatoms. The second-order valence-corrected chi connectivity index (χ2v) is 5.02. The van der Waals surface area contributed by atoms with Crippen LogP contribution in [-0.2, 0) is 11.2 Å². The van der Waals surface area contributed by atoms with Crippen LogP contribution in [0.1, 0.15) is 12.0 Å². The molecule has 1 aromatic rings. The quantitative estimate of drug-likeness (QED) is 0.759. The Labute approximate surface area is 106 Å². The van der Waals surface area contributed by atoms with E-state index in [-0.39, 0.29) is 18.1 Å². The molecule has 18 heavy (non-hydrogen) atoms. The van der Waals surface area contributed by atoms with Crippen molar-refractivity contribution in [1.29, 1.82) is 0 Å². The molecule has 1 aromatic carbocycles. The number of carbonyl (C=O) groups excluding carboxylic acids is 1. The number of aliphatic hydroxyl groups is 1. The first-order valence-corrected chi connectivity index (χ1v) is 6.21. The number of nitrogens with zero attached hydrogens (tertiary/aromatic N) is 1. The Morgan fingerprint density at radius 2 is 2.28 bits per heavy atom. The van der Waals surface area contributed by atoms with Gasteiger partial charge in [0, 0.05) is 18.8 Å². The highest BCUT2D eigenvalue weighted by molar-refractivity contribution is 5.98. The molecule has 0 bridgehead atoms. The van der Waals surface area contributed by atoms with Crippen LogP contribution in [0.25, 0.3) is 0 Å². The van der Waals surface area contributed by atoms with Crippen molar-refractivity contribution in [2.24, 2.45) is 0 Å². The van der Waals surface area contributed by atoms with Gasteiger partial charge in [-0.15, -0.1) is 0 Å². The lowest BCUT2D eigenvalue weighted by molar-refractivity contribution is -0.121. The highest BCUT2D eigenvalue weighted by Gasteiger charge is 2.34. The third-order valence-corrected chi connectivity index (χ3v) is 3.72. The zero-order valence-corrected chi connectivity index (χ0v) is 10.0. The molecule has 2 heterocycles. The minimum atomic E-state index is -0.310. The number of hydrogen-bond donors (Lipinski definition) is 2. The van der Waals surface area contributed by atoms with E-state index < -0.39 is 0 Å². The van der Waals surface area contributed by atoms with Gasteiger partial charge in [0.25, 0.3) is 0 Å². The molecule has 1 unspecified atom stereocenters. The van der Waals surface area contributed by atoms with Crippen molar-refractivity contribution in [1.82, 2.24) is 10.6 Å². The Morgan fingerprint density at radius 3 is 3.00 bits per heavy atom. The normalized spacial score (nSPS) is 27.9. The molecule has 1 saturated heterocycles. The summed E-state index contributed by atoms with van der Waals surface area (Å²) in [4.78, 5) is 14.1. The molecule has 1 fully saturated rings. The second kappa shape index (κ2) is 4.26. The fraction of sp³-hybridized carbons (Fsp3) is 0.462. The molecule has 0 spiro atoms. The van der Waals surface area contributed by atoms with Crippen LogP contribution >= 0.6 is 0 Å². The van der Waals surface area contributed by atoms with Gasteiger partial charge in [-0.25, -0.2) is 0 Å². The smallest absolute Gasteiger partial charge is 0.242 e. The molecule has 0 saturated carbocycles. The first-order chi connectivity index (χ1) is 8.63. The van der Waals surface area contributed by atoms with Gasteiger partial charge in [-0.3, -0.25) is 9.69 Å². The number of aliphatic hydroxyl groups excluding tert-OH is 1. The monoisotopic (exact) mass is 246 g/mol. The van der Waals surface area contributed by atoms with E-state index in [2.05, 4.69) is 5.32 Å². The van der Waals surface area contributed by atoms with E-state index in [1.54, 1.807) is 12.1 Å². The lowest BCUT2D eigenvalue weighted by atomic mass is 9.97. The minimum absolute atomic E-state index is 0.0257. The number of carbonyl (C=O) groups is 1. The lowest BCUT2D eigenvalue weighted by Gasteiger charge is -2.31. The average Bonchev–Trinajstić information content (AvgIpc) is 2.74. The van der Waals surface area contributed by atoms with E-state index >= 15 is 0 Å². The Morgan fingerprint density at radius 1 is 1.44 bits per heavy atom. The van der Waals surface area contributed by atoms with Crippen LogP contribution in [0.4, 0.5) is 11.4 Å². The average molecular weight is 246 g/mol. The molecular formula is C13H16N3O2. The Bertz CT molecular complexity index is 489. The van der Waals surface area contributed by atoms with Crippen LogP contribution in [0, 0.1) is 0 Å². The van der Waals surface area contributed by atoms with Crippen molar-refractivity contribution >= 4 is 17.3 Å². The maximum Gasteiger partial charge on any atom is 0.242 e. The molecule has 3 N–H and O–H groups in total. The van der Waals surface area contributed by atoms with Crippen molar-refractivity contribution in [3.8, 4) is 0 Å². The Kier molecular flexibility index (Phi) is 2.72. The third kappa shape index (κ3) is 1.95. The predicted molar refractivity (Wildman–Crippen MR) is 67.5 cm³/mol. The van der Waals surface area contributed by atoms with Crippen LogP contribution in [-0.4, -0.2) is 41.1 Å². The van der Waals surface area contributed by atoms with Gasteiger partial charge in [-0.05, 0) is 30.5 Å². The highest BCUT2D eigenvalue weighted by Crippen LogP contribution is 2.28. The molecule has 2 aliphatic heterocycles. The van der Waals surface area contributed by atoms with Crippen molar-refractivity contribution in [3.05, 3.63) is 23.8 Å². The molecule has 3 rings (SSSR count). The standard InChI is InChI=1S/C13H16N3O2/c14-9-2-1-8-5-12(13(18)15-11(8)6-9)16-4-3-10(17)7-16/h1-2,6,10,12,14,17H,3-5,7H2,(H,15,18)/t10-,12?/m0/s1. The lowest BCUT2D eigenvalue weighted by Crippen LogP contribution is -2.47. The topological polar surface area (TPSA) is 76.4 Å². The first-order valence-electron chi connectivity index (χ1n) is 6.21. The van der Waals surface area contributed by atoms with Gasteiger partial charge < -0.3 is 16.2 Å². The van der Waals surface area contributed by atoms with Crippen LogP contribution in [0.3, 0.4) is 0 Å². The van der Waals surface area contributed by atoms with E-state index in [1.807, 2.05) is 11.0 Å². The number of hydrogen-bond acceptors (Lipinski definition) is 3. The van der Waals surface area contributed by atoms with Crippen molar-refractivity contribution in [3.63, 3.8) is 0 Å². The number of nitrogens with one attached hydrogen (secondary N) is 2. The summed E-state index contributed by atoms with van der Waals surface area (Å²) in [5, 5.41) is 12.4. The van der Waals surface area contributed by atoms with Gasteiger partial charge in [-0.1, -0.05) is 6.07 Å². The van der Waals surface area contributed by atoms with Gasteiger partial charge >= 0.3 is 0 Å². The summed E-state index contributed by atoms with van der Waals surface area (Å²) in [7, 11) is 0. The summed E-state index contributed by atoms with van der Waals surface area (Å²) >= 11 is 0. The molecular weight excluding hydrogens is 230 g/mol. The fourth-order valence-corrected chi connectivity index (χ4v) is 2.73. The molecule has 1 amide bonds. The summed E-state index contributed by atoms with van der Waals surface area (Å²) in [5.74, 6) is -0.0257. The fourth-order valence-electron chi connectivity index (χ4n) is 2.73. The van der Waals surface area contributed by atoms with E-state index in [1.165, 1.54) is 0 Å². The van der Waals surface area contributed by atoms with Crippen LogP contribution in [0.15, 0.2) is 18.2 Å². The second-order valence-electron chi connectivity index (χ2n) is 5.02. The number of fused-ring (bicyclic) bond motifs is 1. The predicted octanol–water partition coefficient (Wildman–Crippen LogP) is 0.531. The Hall–Kier alpha value is -1.59. The number of amides is 1. The first kappa shape index (κ1) is 11.5. The van der Waals surface area contributed by atoms with Crippen molar-refractivity contribution < 1.29 is 9.90 Å². The molecule has 0 aromatic heterocycles. The number of anilines is 1. The maximum atomic E-state index is 12.1. The van der Waals surface area contributed by atoms with Gasteiger partial charge in [0.2, 0.25) is 5.91 Å². The van der Waals surface area contributed by atoms with E-state index in [9.17, 15) is 9.90 Å². The molecule has 1 radical (unpaired) electrons. The summed E-state index contributed by atoms with van der Waals surface area (Å²) in [6, 6.07) is 5.14. The minimum Gasteiger partial charge on any atom is -0.392 e. The molecule has 2 atom stereocenters. The number of β-amino-alcohol motifs (C(OH)–C–C–N with tert-alkyl or cyclic N) is 1. The summed E-state index contributed by atoms with van der Waals surface area (Å²) in [6.45, 7) is 1.34.